The predicted octanol–water partition coefficient (Wildman–Crippen LogP) is 1.68. The van der Waals surface area contributed by atoms with Crippen molar-refractivity contribution in [3.05, 3.63) is 54.1 Å². The van der Waals surface area contributed by atoms with Crippen LogP contribution in [0.2, 0.25) is 0 Å². The molecule has 0 spiro atoms. The average Bonchev–Trinajstić information content (AvgIpc) is 2.54. The summed E-state index contributed by atoms with van der Waals surface area (Å²) < 4.78 is 54.7. The fourth-order valence-electron chi connectivity index (χ4n) is 1.88. The van der Waals surface area contributed by atoms with E-state index in [2.05, 4.69) is 9.46 Å². The van der Waals surface area contributed by atoms with Gasteiger partial charge < -0.3 is 4.74 Å². The number of ether oxygens (including phenoxy) is 1. The molecule has 2 aromatic rings. The van der Waals surface area contributed by atoms with Crippen LogP contribution in [0.3, 0.4) is 0 Å². The van der Waals surface area contributed by atoms with Crippen LogP contribution in [0, 0.1) is 0 Å². The number of anilines is 1. The second-order valence-electron chi connectivity index (χ2n) is 4.92. The van der Waals surface area contributed by atoms with Gasteiger partial charge in [0, 0.05) is 11.9 Å². The van der Waals surface area contributed by atoms with E-state index in [0.29, 0.717) is 0 Å². The zero-order valence-corrected chi connectivity index (χ0v) is 14.5. The lowest BCUT2D eigenvalue weighted by Gasteiger charge is -2.09. The van der Waals surface area contributed by atoms with Crippen molar-refractivity contribution in [2.75, 3.05) is 18.1 Å². The maximum Gasteiger partial charge on any atom is 0.337 e. The highest BCUT2D eigenvalue weighted by Crippen LogP contribution is 2.19. The molecule has 0 aliphatic rings. The van der Waals surface area contributed by atoms with E-state index in [1.54, 1.807) is 0 Å². The largest absolute Gasteiger partial charge is 0.465 e. The molecule has 0 aromatic heterocycles. The minimum absolute atomic E-state index is 0.0913. The molecular formula is C15H15NO6S2. The molecule has 0 saturated heterocycles. The molecule has 1 N–H and O–H groups in total. The molecule has 0 aliphatic heterocycles. The van der Waals surface area contributed by atoms with Crippen LogP contribution in [-0.2, 0) is 24.6 Å². The first-order chi connectivity index (χ1) is 11.1. The monoisotopic (exact) mass is 369 g/mol. The van der Waals surface area contributed by atoms with E-state index in [4.69, 9.17) is 0 Å². The Morgan fingerprint density at radius 3 is 2.08 bits per heavy atom. The summed E-state index contributed by atoms with van der Waals surface area (Å²) in [7, 11) is -6.24. The van der Waals surface area contributed by atoms with E-state index in [1.807, 2.05) is 0 Å². The number of hydrogen-bond donors (Lipinski definition) is 1. The maximum atomic E-state index is 12.4. The lowest BCUT2D eigenvalue weighted by molar-refractivity contribution is 0.0600. The number of nitrogens with one attached hydrogen (secondary N) is 1. The SMILES string of the molecule is COC(=O)c1ccc(NS(=O)(=O)c2cccc(S(C)(=O)=O)c2)cc1. The average molecular weight is 369 g/mol. The van der Waals surface area contributed by atoms with Crippen LogP contribution < -0.4 is 4.72 Å². The number of rotatable bonds is 5. The van der Waals surface area contributed by atoms with Crippen molar-refractivity contribution in [1.82, 2.24) is 0 Å². The summed E-state index contributed by atoms with van der Waals surface area (Å²) in [5.41, 5.74) is 0.506. The Morgan fingerprint density at radius 2 is 1.54 bits per heavy atom. The van der Waals surface area contributed by atoms with Crippen LogP contribution in [0.4, 0.5) is 5.69 Å². The van der Waals surface area contributed by atoms with Gasteiger partial charge in [-0.3, -0.25) is 4.72 Å². The van der Waals surface area contributed by atoms with Crippen molar-refractivity contribution >= 4 is 31.5 Å². The molecule has 0 radical (unpaired) electrons. The maximum absolute atomic E-state index is 12.4. The van der Waals surface area contributed by atoms with Gasteiger partial charge in [0.1, 0.15) is 0 Å². The topological polar surface area (TPSA) is 107 Å². The number of esters is 1. The van der Waals surface area contributed by atoms with Gasteiger partial charge in [-0.05, 0) is 42.5 Å². The smallest absolute Gasteiger partial charge is 0.337 e. The second-order valence-corrected chi connectivity index (χ2v) is 8.62. The highest BCUT2D eigenvalue weighted by Gasteiger charge is 2.17. The highest BCUT2D eigenvalue weighted by molar-refractivity contribution is 7.93. The molecule has 0 bridgehead atoms. The Balaban J connectivity index is 2.30. The third kappa shape index (κ3) is 4.12. The van der Waals surface area contributed by atoms with Crippen molar-refractivity contribution < 1.29 is 26.4 Å². The minimum Gasteiger partial charge on any atom is -0.465 e. The number of sulfonamides is 1. The summed E-state index contributed by atoms with van der Waals surface area (Å²) in [6.07, 6.45) is 0.998. The van der Waals surface area contributed by atoms with Gasteiger partial charge in [-0.2, -0.15) is 0 Å². The van der Waals surface area contributed by atoms with Gasteiger partial charge in [0.25, 0.3) is 10.0 Å². The van der Waals surface area contributed by atoms with Gasteiger partial charge >= 0.3 is 5.97 Å². The standard InChI is InChI=1S/C15H15NO6S2/c1-22-15(17)11-6-8-12(9-7-11)16-24(20,21)14-5-3-4-13(10-14)23(2,18)19/h3-10,16H,1-2H3. The van der Waals surface area contributed by atoms with E-state index in [0.717, 1.165) is 12.3 Å². The lowest BCUT2D eigenvalue weighted by atomic mass is 10.2. The van der Waals surface area contributed by atoms with Crippen LogP contribution in [0.1, 0.15) is 10.4 Å². The number of carbonyl (C=O) groups excluding carboxylic acids is 1. The third-order valence-electron chi connectivity index (χ3n) is 3.10. The first-order valence-electron chi connectivity index (χ1n) is 6.65. The van der Waals surface area contributed by atoms with Crippen LogP contribution in [0.5, 0.6) is 0 Å². The first-order valence-corrected chi connectivity index (χ1v) is 10.0. The van der Waals surface area contributed by atoms with Crippen molar-refractivity contribution in [3.8, 4) is 0 Å². The molecule has 128 valence electrons. The molecule has 0 aliphatic carbocycles. The highest BCUT2D eigenvalue weighted by atomic mass is 32.2. The number of methoxy groups -OCH3 is 1. The van der Waals surface area contributed by atoms with Crippen molar-refractivity contribution in [3.63, 3.8) is 0 Å². The molecule has 7 nitrogen and oxygen atoms in total. The third-order valence-corrected chi connectivity index (χ3v) is 5.59. The molecular weight excluding hydrogens is 354 g/mol. The molecule has 24 heavy (non-hydrogen) atoms. The van der Waals surface area contributed by atoms with E-state index < -0.39 is 25.8 Å². The number of benzene rings is 2. The van der Waals surface area contributed by atoms with Gasteiger partial charge in [0.2, 0.25) is 0 Å². The van der Waals surface area contributed by atoms with E-state index in [1.165, 1.54) is 49.6 Å². The van der Waals surface area contributed by atoms with Gasteiger partial charge in [0.05, 0.1) is 22.5 Å². The summed E-state index contributed by atoms with van der Waals surface area (Å²) in [6.45, 7) is 0. The van der Waals surface area contributed by atoms with Crippen molar-refractivity contribution in [1.29, 1.82) is 0 Å². The Bertz CT molecular complexity index is 963. The molecule has 2 rings (SSSR count). The molecule has 0 saturated carbocycles. The molecule has 0 atom stereocenters. The normalized spacial score (nSPS) is 11.8. The quantitative estimate of drug-likeness (QED) is 0.804. The fourth-order valence-corrected chi connectivity index (χ4v) is 3.72. The predicted molar refractivity (Wildman–Crippen MR) is 88.1 cm³/mol. The fraction of sp³-hybridized carbons (Fsp3) is 0.133. The minimum atomic E-state index is -3.97. The zero-order chi connectivity index (χ0) is 18.0. The van der Waals surface area contributed by atoms with Gasteiger partial charge in [-0.15, -0.1) is 0 Å². The van der Waals surface area contributed by atoms with E-state index in [9.17, 15) is 21.6 Å². The van der Waals surface area contributed by atoms with Crippen molar-refractivity contribution in [2.45, 2.75) is 9.79 Å². The molecule has 9 heteroatoms. The van der Waals surface area contributed by atoms with Gasteiger partial charge in [0.15, 0.2) is 9.84 Å². The number of sulfone groups is 1. The van der Waals surface area contributed by atoms with Crippen LogP contribution >= 0.6 is 0 Å². The molecule has 0 fully saturated rings. The summed E-state index contributed by atoms with van der Waals surface area (Å²) in [4.78, 5) is 11.1. The molecule has 0 amide bonds. The van der Waals surface area contributed by atoms with E-state index >= 15 is 0 Å². The number of hydrogen-bond acceptors (Lipinski definition) is 6. The van der Waals surface area contributed by atoms with Gasteiger partial charge in [-0.25, -0.2) is 21.6 Å². The Kier molecular flexibility index (Phi) is 4.95. The first kappa shape index (κ1) is 18.0. The van der Waals surface area contributed by atoms with E-state index in [-0.39, 0.29) is 21.0 Å². The van der Waals surface area contributed by atoms with Crippen molar-refractivity contribution in [2.24, 2.45) is 0 Å². The molecule has 0 unspecified atom stereocenters. The second kappa shape index (κ2) is 6.62. The summed E-state index contributed by atoms with van der Waals surface area (Å²) >= 11 is 0. The van der Waals surface area contributed by atoms with Crippen LogP contribution in [0.25, 0.3) is 0 Å². The Morgan fingerprint density at radius 1 is 0.958 bits per heavy atom. The Labute approximate surface area is 140 Å². The van der Waals surface area contributed by atoms with Gasteiger partial charge in [-0.1, -0.05) is 6.07 Å². The summed E-state index contributed by atoms with van der Waals surface area (Å²) in [6, 6.07) is 10.7. The zero-order valence-electron chi connectivity index (χ0n) is 12.9. The number of carbonyl (C=O) groups is 1. The molecule has 0 heterocycles. The molecule has 2 aromatic carbocycles. The summed E-state index contributed by atoms with van der Waals surface area (Å²) in [5, 5.41) is 0. The van der Waals surface area contributed by atoms with Crippen LogP contribution in [-0.4, -0.2) is 36.2 Å². The Hall–Kier alpha value is -2.39. The lowest BCUT2D eigenvalue weighted by Crippen LogP contribution is -2.14. The summed E-state index contributed by atoms with van der Waals surface area (Å²) in [5.74, 6) is -0.537. The van der Waals surface area contributed by atoms with Crippen LogP contribution in [0.15, 0.2) is 58.3 Å².